The standard InChI is InChI=1S/C28H26N2O4/c31-25(32)19-33-23-14-7-9-20(17-23)18-30-16-8-15-24(30)28-29-26(21-10-3-1-4-11-21)27(34-28)22-12-5-2-6-13-22/h1-7,9-14,17,24H,8,15-16,18-19H2,(H,31,32)/p-1/t24-/m0/s1. The molecule has 0 bridgehead atoms. The molecule has 0 amide bonds. The molecular weight excluding hydrogens is 428 g/mol. The van der Waals surface area contributed by atoms with Gasteiger partial charge in [-0.25, -0.2) is 4.98 Å². The Balaban J connectivity index is 1.43. The number of benzene rings is 3. The van der Waals surface area contributed by atoms with Gasteiger partial charge in [0.1, 0.15) is 18.1 Å². The van der Waals surface area contributed by atoms with Crippen molar-refractivity contribution in [2.75, 3.05) is 13.2 Å². The largest absolute Gasteiger partial charge is 0.546 e. The second-order valence-corrected chi connectivity index (χ2v) is 8.40. The molecule has 1 aliphatic rings. The molecule has 0 aliphatic carbocycles. The molecule has 0 saturated carbocycles. The molecule has 1 aromatic heterocycles. The first-order valence-electron chi connectivity index (χ1n) is 11.4. The van der Waals surface area contributed by atoms with Crippen LogP contribution >= 0.6 is 0 Å². The van der Waals surface area contributed by atoms with Crippen LogP contribution in [0.2, 0.25) is 0 Å². The molecule has 6 nitrogen and oxygen atoms in total. The Bertz CT molecular complexity index is 1200. The SMILES string of the molecule is O=C([O-])COc1cccc(CN2CCC[C@H]2c2nc(-c3ccccc3)c(-c3ccccc3)o2)c1. The van der Waals surface area contributed by atoms with Gasteiger partial charge in [-0.05, 0) is 37.1 Å². The lowest BCUT2D eigenvalue weighted by Gasteiger charge is -2.22. The van der Waals surface area contributed by atoms with E-state index in [0.29, 0.717) is 12.3 Å². The van der Waals surface area contributed by atoms with E-state index in [9.17, 15) is 9.90 Å². The van der Waals surface area contributed by atoms with Crippen molar-refractivity contribution in [1.82, 2.24) is 9.88 Å². The number of rotatable bonds is 8. The maximum Gasteiger partial charge on any atom is 0.212 e. The van der Waals surface area contributed by atoms with Gasteiger partial charge in [-0.2, -0.15) is 0 Å². The Morgan fingerprint density at radius 1 is 1.00 bits per heavy atom. The fraction of sp³-hybridized carbons (Fsp3) is 0.214. The van der Waals surface area contributed by atoms with Crippen LogP contribution in [0.25, 0.3) is 22.6 Å². The number of likely N-dealkylation sites (tertiary alicyclic amines) is 1. The highest BCUT2D eigenvalue weighted by Crippen LogP contribution is 2.39. The van der Waals surface area contributed by atoms with E-state index in [2.05, 4.69) is 17.0 Å². The molecule has 2 heterocycles. The molecule has 0 unspecified atom stereocenters. The summed E-state index contributed by atoms with van der Waals surface area (Å²) in [6.45, 7) is 1.16. The molecule has 6 heteroatoms. The van der Waals surface area contributed by atoms with E-state index in [4.69, 9.17) is 14.1 Å². The summed E-state index contributed by atoms with van der Waals surface area (Å²) in [5, 5.41) is 10.7. The Morgan fingerprint density at radius 2 is 1.74 bits per heavy atom. The van der Waals surface area contributed by atoms with Crippen molar-refractivity contribution in [3.63, 3.8) is 0 Å². The van der Waals surface area contributed by atoms with Crippen LogP contribution in [0.3, 0.4) is 0 Å². The van der Waals surface area contributed by atoms with Gasteiger partial charge in [0, 0.05) is 17.7 Å². The zero-order valence-electron chi connectivity index (χ0n) is 18.7. The van der Waals surface area contributed by atoms with Crippen LogP contribution in [0.1, 0.15) is 30.3 Å². The van der Waals surface area contributed by atoms with Crippen LogP contribution in [-0.4, -0.2) is 29.0 Å². The van der Waals surface area contributed by atoms with Gasteiger partial charge in [-0.1, -0.05) is 72.8 Å². The van der Waals surface area contributed by atoms with Crippen LogP contribution < -0.4 is 9.84 Å². The summed E-state index contributed by atoms with van der Waals surface area (Å²) in [5.41, 5.74) is 3.92. The molecular formula is C28H25N2O4-. The van der Waals surface area contributed by atoms with Crippen molar-refractivity contribution >= 4 is 5.97 Å². The second kappa shape index (κ2) is 9.93. The van der Waals surface area contributed by atoms with Crippen molar-refractivity contribution in [3.8, 4) is 28.3 Å². The highest BCUT2D eigenvalue weighted by molar-refractivity contribution is 5.76. The lowest BCUT2D eigenvalue weighted by Crippen LogP contribution is -2.29. The van der Waals surface area contributed by atoms with Crippen molar-refractivity contribution in [2.24, 2.45) is 0 Å². The van der Waals surface area contributed by atoms with Crippen LogP contribution in [0.15, 0.2) is 89.3 Å². The lowest BCUT2D eigenvalue weighted by atomic mass is 10.1. The molecule has 1 atom stereocenters. The Kier molecular flexibility index (Phi) is 6.40. The average molecular weight is 454 g/mol. The first-order chi connectivity index (χ1) is 16.7. The summed E-state index contributed by atoms with van der Waals surface area (Å²) >= 11 is 0. The van der Waals surface area contributed by atoms with Gasteiger partial charge >= 0.3 is 0 Å². The van der Waals surface area contributed by atoms with Crippen molar-refractivity contribution in [3.05, 3.63) is 96.4 Å². The molecule has 0 N–H and O–H groups in total. The molecule has 5 rings (SSSR count). The lowest BCUT2D eigenvalue weighted by molar-refractivity contribution is -0.307. The smallest absolute Gasteiger partial charge is 0.212 e. The van der Waals surface area contributed by atoms with Crippen molar-refractivity contribution < 1.29 is 19.1 Å². The van der Waals surface area contributed by atoms with Crippen LogP contribution in [0, 0.1) is 0 Å². The minimum absolute atomic E-state index is 0.0627. The first-order valence-corrected chi connectivity index (χ1v) is 11.4. The number of ether oxygens (including phenoxy) is 1. The van der Waals surface area contributed by atoms with Gasteiger partial charge < -0.3 is 19.1 Å². The third kappa shape index (κ3) is 4.87. The van der Waals surface area contributed by atoms with Gasteiger partial charge in [-0.15, -0.1) is 0 Å². The fourth-order valence-corrected chi connectivity index (χ4v) is 4.46. The van der Waals surface area contributed by atoms with E-state index in [1.54, 1.807) is 6.07 Å². The molecule has 4 aromatic rings. The summed E-state index contributed by atoms with van der Waals surface area (Å²) in [5.74, 6) is 0.787. The molecule has 1 aliphatic heterocycles. The Labute approximate surface area is 198 Å². The maximum atomic E-state index is 10.7. The number of aromatic nitrogens is 1. The van der Waals surface area contributed by atoms with Crippen LogP contribution in [-0.2, 0) is 11.3 Å². The zero-order chi connectivity index (χ0) is 23.3. The minimum atomic E-state index is -1.24. The number of carboxylic acid groups (broad SMARTS) is 1. The summed E-state index contributed by atoms with van der Waals surface area (Å²) in [6, 6.07) is 27.8. The number of carboxylic acids is 1. The quantitative estimate of drug-likeness (QED) is 0.392. The van der Waals surface area contributed by atoms with E-state index in [1.807, 2.05) is 66.7 Å². The van der Waals surface area contributed by atoms with Crippen LogP contribution in [0.4, 0.5) is 0 Å². The van der Waals surface area contributed by atoms with Crippen LogP contribution in [0.5, 0.6) is 5.75 Å². The minimum Gasteiger partial charge on any atom is -0.546 e. The monoisotopic (exact) mass is 453 g/mol. The average Bonchev–Trinajstić information content (AvgIpc) is 3.51. The number of nitrogens with zero attached hydrogens (tertiary/aromatic N) is 2. The van der Waals surface area contributed by atoms with E-state index in [0.717, 1.165) is 53.4 Å². The third-order valence-corrected chi connectivity index (χ3v) is 6.02. The topological polar surface area (TPSA) is 78.6 Å². The predicted molar refractivity (Wildman–Crippen MR) is 127 cm³/mol. The van der Waals surface area contributed by atoms with Gasteiger partial charge in [0.05, 0.1) is 12.0 Å². The van der Waals surface area contributed by atoms with E-state index in [1.165, 1.54) is 0 Å². The van der Waals surface area contributed by atoms with Gasteiger partial charge in [0.2, 0.25) is 5.89 Å². The molecule has 0 spiro atoms. The Hall–Kier alpha value is -3.90. The number of carbonyl (C=O) groups excluding carboxylic acids is 1. The molecule has 34 heavy (non-hydrogen) atoms. The summed E-state index contributed by atoms with van der Waals surface area (Å²) in [4.78, 5) is 18.1. The maximum absolute atomic E-state index is 10.7. The first kappa shape index (κ1) is 21.9. The summed E-state index contributed by atoms with van der Waals surface area (Å²) < 4.78 is 11.7. The molecule has 0 radical (unpaired) electrons. The van der Waals surface area contributed by atoms with Gasteiger partial charge in [0.25, 0.3) is 0 Å². The van der Waals surface area contributed by atoms with E-state index in [-0.39, 0.29) is 6.04 Å². The normalized spacial score (nSPS) is 15.9. The van der Waals surface area contributed by atoms with Gasteiger partial charge in [-0.3, -0.25) is 4.90 Å². The summed E-state index contributed by atoms with van der Waals surface area (Å²) in [7, 11) is 0. The highest BCUT2D eigenvalue weighted by atomic mass is 16.5. The molecule has 1 saturated heterocycles. The summed E-state index contributed by atoms with van der Waals surface area (Å²) in [6.07, 6.45) is 2.01. The van der Waals surface area contributed by atoms with Gasteiger partial charge in [0.15, 0.2) is 5.76 Å². The number of hydrogen-bond acceptors (Lipinski definition) is 6. The number of oxazole rings is 1. The Morgan fingerprint density at radius 3 is 2.47 bits per heavy atom. The molecule has 1 fully saturated rings. The zero-order valence-corrected chi connectivity index (χ0v) is 18.7. The third-order valence-electron chi connectivity index (χ3n) is 6.02. The van der Waals surface area contributed by atoms with E-state index >= 15 is 0 Å². The fourth-order valence-electron chi connectivity index (χ4n) is 4.46. The van der Waals surface area contributed by atoms with E-state index < -0.39 is 12.6 Å². The number of aliphatic carboxylic acids is 1. The number of carbonyl (C=O) groups is 1. The number of hydrogen-bond donors (Lipinski definition) is 0. The second-order valence-electron chi connectivity index (χ2n) is 8.40. The highest BCUT2D eigenvalue weighted by Gasteiger charge is 2.31. The molecule has 172 valence electrons. The van der Waals surface area contributed by atoms with Crippen molar-refractivity contribution in [2.45, 2.75) is 25.4 Å². The predicted octanol–water partition coefficient (Wildman–Crippen LogP) is 4.47. The van der Waals surface area contributed by atoms with Crippen molar-refractivity contribution in [1.29, 1.82) is 0 Å². The molecule has 3 aromatic carbocycles.